The van der Waals surface area contributed by atoms with Crippen molar-refractivity contribution in [1.82, 2.24) is 10.6 Å². The minimum atomic E-state index is -0.0303. The molecule has 0 bridgehead atoms. The van der Waals surface area contributed by atoms with E-state index in [1.165, 1.54) is 25.7 Å². The van der Waals surface area contributed by atoms with Crippen molar-refractivity contribution in [2.24, 2.45) is 4.99 Å². The van der Waals surface area contributed by atoms with Gasteiger partial charge in [-0.25, -0.2) is 0 Å². The topological polar surface area (TPSA) is 53.5 Å². The summed E-state index contributed by atoms with van der Waals surface area (Å²) in [6, 6.07) is 0. The van der Waals surface area contributed by atoms with Crippen molar-refractivity contribution in [2.45, 2.75) is 31.2 Å². The number of amides is 1. The molecule has 0 unspecified atom stereocenters. The van der Waals surface area contributed by atoms with Crippen molar-refractivity contribution in [3.63, 3.8) is 0 Å². The van der Waals surface area contributed by atoms with Crippen molar-refractivity contribution >= 4 is 22.8 Å². The second-order valence-corrected chi connectivity index (χ2v) is 5.16. The maximum Gasteiger partial charge on any atom is 0.241 e. The fourth-order valence-corrected chi connectivity index (χ4v) is 3.35. The van der Waals surface area contributed by atoms with Crippen molar-refractivity contribution in [2.75, 3.05) is 19.3 Å². The number of thioether (sulfide) groups is 1. The van der Waals surface area contributed by atoms with Gasteiger partial charge in [0.25, 0.3) is 0 Å². The molecule has 2 rings (SSSR count). The monoisotopic (exact) mass is 227 g/mol. The fraction of sp³-hybridized carbons (Fsp3) is 0.800. The number of aliphatic imine (C=N–C) groups is 1. The summed E-state index contributed by atoms with van der Waals surface area (Å²) < 4.78 is 0. The molecule has 84 valence electrons. The van der Waals surface area contributed by atoms with Gasteiger partial charge in [-0.2, -0.15) is 0 Å². The average molecular weight is 227 g/mol. The number of hydrogen-bond donors (Lipinski definition) is 2. The van der Waals surface area contributed by atoms with Gasteiger partial charge in [-0.05, 0) is 12.8 Å². The largest absolute Gasteiger partial charge is 0.359 e. The summed E-state index contributed by atoms with van der Waals surface area (Å²) in [5.41, 5.74) is 0.298. The number of carbonyl (C=O) groups is 1. The Labute approximate surface area is 94.3 Å². The Morgan fingerprint density at radius 3 is 3.00 bits per heavy atom. The first-order valence-corrected chi connectivity index (χ1v) is 6.39. The van der Waals surface area contributed by atoms with Gasteiger partial charge in [0.2, 0.25) is 5.91 Å². The predicted molar refractivity (Wildman–Crippen MR) is 63.2 cm³/mol. The standard InChI is InChI=1S/C10H17N3OS/c1-11-8(14)6-12-9-13-10(7-15-9)4-2-3-5-10/h2-7H2,1H3,(H,11,14)(H,12,13). The van der Waals surface area contributed by atoms with E-state index in [2.05, 4.69) is 15.6 Å². The van der Waals surface area contributed by atoms with Crippen LogP contribution in [-0.4, -0.2) is 36.0 Å². The minimum Gasteiger partial charge on any atom is -0.359 e. The van der Waals surface area contributed by atoms with Gasteiger partial charge in [-0.15, -0.1) is 0 Å². The Balaban J connectivity index is 1.89. The molecule has 1 aliphatic carbocycles. The first-order chi connectivity index (χ1) is 7.24. The second kappa shape index (κ2) is 4.43. The SMILES string of the molecule is CNC(=O)CN=C1NC2(CCCC2)CS1. The van der Waals surface area contributed by atoms with E-state index < -0.39 is 0 Å². The van der Waals surface area contributed by atoms with Crippen LogP contribution in [0, 0.1) is 0 Å². The highest BCUT2D eigenvalue weighted by Crippen LogP contribution is 2.37. The van der Waals surface area contributed by atoms with E-state index in [1.54, 1.807) is 18.8 Å². The molecule has 2 fully saturated rings. The molecule has 1 saturated heterocycles. The number of rotatable bonds is 2. The molecule has 5 heteroatoms. The quantitative estimate of drug-likeness (QED) is 0.731. The van der Waals surface area contributed by atoms with Gasteiger partial charge in [-0.1, -0.05) is 24.6 Å². The van der Waals surface area contributed by atoms with E-state index >= 15 is 0 Å². The van der Waals surface area contributed by atoms with Crippen molar-refractivity contribution < 1.29 is 4.79 Å². The minimum absolute atomic E-state index is 0.0303. The highest BCUT2D eigenvalue weighted by atomic mass is 32.2. The summed E-state index contributed by atoms with van der Waals surface area (Å²) in [5, 5.41) is 6.99. The highest BCUT2D eigenvalue weighted by molar-refractivity contribution is 8.14. The summed E-state index contributed by atoms with van der Waals surface area (Å²) in [7, 11) is 1.64. The highest BCUT2D eigenvalue weighted by Gasteiger charge is 2.39. The molecule has 0 aromatic heterocycles. The van der Waals surface area contributed by atoms with Gasteiger partial charge >= 0.3 is 0 Å². The van der Waals surface area contributed by atoms with Crippen LogP contribution in [0.4, 0.5) is 0 Å². The van der Waals surface area contributed by atoms with Gasteiger partial charge in [0, 0.05) is 18.3 Å². The Kier molecular flexibility index (Phi) is 3.19. The molecule has 1 aliphatic heterocycles. The van der Waals surface area contributed by atoms with E-state index in [0.717, 1.165) is 10.9 Å². The maximum absolute atomic E-state index is 11.0. The molecule has 1 amide bonds. The molecular weight excluding hydrogens is 210 g/mol. The van der Waals surface area contributed by atoms with Crippen LogP contribution in [0.2, 0.25) is 0 Å². The van der Waals surface area contributed by atoms with Crippen LogP contribution in [-0.2, 0) is 4.79 Å². The Morgan fingerprint density at radius 2 is 2.33 bits per heavy atom. The molecule has 1 heterocycles. The molecule has 1 saturated carbocycles. The third-order valence-electron chi connectivity index (χ3n) is 3.06. The predicted octanol–water partition coefficient (Wildman–Crippen LogP) is 0.738. The van der Waals surface area contributed by atoms with Crippen LogP contribution in [0.1, 0.15) is 25.7 Å². The Bertz CT molecular complexity index is 284. The van der Waals surface area contributed by atoms with Crippen LogP contribution >= 0.6 is 11.8 Å². The molecule has 2 aliphatic rings. The molecular formula is C10H17N3OS. The summed E-state index contributed by atoms with van der Waals surface area (Å²) in [5.74, 6) is 1.08. The zero-order chi connectivity index (χ0) is 10.7. The first-order valence-electron chi connectivity index (χ1n) is 5.40. The molecule has 4 nitrogen and oxygen atoms in total. The van der Waals surface area contributed by atoms with Crippen LogP contribution in [0.3, 0.4) is 0 Å². The van der Waals surface area contributed by atoms with Crippen molar-refractivity contribution in [1.29, 1.82) is 0 Å². The molecule has 2 N–H and O–H groups in total. The van der Waals surface area contributed by atoms with Crippen LogP contribution in [0.5, 0.6) is 0 Å². The number of carbonyl (C=O) groups excluding carboxylic acids is 1. The van der Waals surface area contributed by atoms with Crippen LogP contribution < -0.4 is 10.6 Å². The lowest BCUT2D eigenvalue weighted by Crippen LogP contribution is -2.40. The molecule has 15 heavy (non-hydrogen) atoms. The average Bonchev–Trinajstić information content (AvgIpc) is 2.86. The number of nitrogens with one attached hydrogen (secondary N) is 2. The number of nitrogens with zero attached hydrogens (tertiary/aromatic N) is 1. The van der Waals surface area contributed by atoms with Crippen molar-refractivity contribution in [3.05, 3.63) is 0 Å². The van der Waals surface area contributed by atoms with E-state index in [0.29, 0.717) is 5.54 Å². The summed E-state index contributed by atoms with van der Waals surface area (Å²) >= 11 is 1.75. The van der Waals surface area contributed by atoms with E-state index in [9.17, 15) is 4.79 Å². The van der Waals surface area contributed by atoms with Gasteiger partial charge < -0.3 is 10.6 Å². The van der Waals surface area contributed by atoms with Crippen LogP contribution in [0.15, 0.2) is 4.99 Å². The van der Waals surface area contributed by atoms with Gasteiger partial charge in [0.15, 0.2) is 5.17 Å². The molecule has 0 aromatic carbocycles. The fourth-order valence-electron chi connectivity index (χ4n) is 2.13. The lowest BCUT2D eigenvalue weighted by molar-refractivity contribution is -0.119. The van der Waals surface area contributed by atoms with Crippen LogP contribution in [0.25, 0.3) is 0 Å². The zero-order valence-corrected chi connectivity index (χ0v) is 9.82. The summed E-state index contributed by atoms with van der Waals surface area (Å²) in [4.78, 5) is 15.3. The molecule has 0 radical (unpaired) electrons. The summed E-state index contributed by atoms with van der Waals surface area (Å²) in [6.45, 7) is 0.238. The summed E-state index contributed by atoms with van der Waals surface area (Å²) in [6.07, 6.45) is 5.13. The number of likely N-dealkylation sites (N-methyl/N-ethyl adjacent to an activating group) is 1. The van der Waals surface area contributed by atoms with Gasteiger partial charge in [-0.3, -0.25) is 9.79 Å². The lowest BCUT2D eigenvalue weighted by atomic mass is 10.0. The maximum atomic E-state index is 11.0. The van der Waals surface area contributed by atoms with Gasteiger partial charge in [0.1, 0.15) is 6.54 Å². The Hall–Kier alpha value is -0.710. The van der Waals surface area contributed by atoms with Crippen molar-refractivity contribution in [3.8, 4) is 0 Å². The lowest BCUT2D eigenvalue weighted by Gasteiger charge is -2.21. The number of hydrogen-bond acceptors (Lipinski definition) is 3. The Morgan fingerprint density at radius 1 is 1.60 bits per heavy atom. The normalized spacial score (nSPS) is 25.8. The molecule has 1 spiro atoms. The smallest absolute Gasteiger partial charge is 0.241 e. The van der Waals surface area contributed by atoms with Gasteiger partial charge in [0.05, 0.1) is 0 Å². The third-order valence-corrected chi connectivity index (χ3v) is 4.26. The van der Waals surface area contributed by atoms with E-state index in [-0.39, 0.29) is 12.5 Å². The van der Waals surface area contributed by atoms with E-state index in [4.69, 9.17) is 0 Å². The molecule has 0 aromatic rings. The second-order valence-electron chi connectivity index (χ2n) is 4.20. The third kappa shape index (κ3) is 2.45. The first kappa shape index (κ1) is 10.8. The number of amidine groups is 1. The van der Waals surface area contributed by atoms with E-state index in [1.807, 2.05) is 0 Å². The zero-order valence-electron chi connectivity index (χ0n) is 9.01. The molecule has 0 atom stereocenters.